The largest absolute Gasteiger partial charge is 0.365 e. The molecular formula is C22H27FN4O4S2. The molecule has 0 saturated carbocycles. The molecule has 33 heavy (non-hydrogen) atoms. The van der Waals surface area contributed by atoms with E-state index in [1.54, 1.807) is 0 Å². The number of fused-ring (bicyclic) bond motifs is 1. The number of halogens is 1. The summed E-state index contributed by atoms with van der Waals surface area (Å²) >= 11 is 1.42. The number of carbonyl (C=O) groups excluding carboxylic acids is 2. The number of primary amides is 1. The molecule has 1 atom stereocenters. The molecule has 2 aromatic rings. The minimum absolute atomic E-state index is 0.0463. The van der Waals surface area contributed by atoms with Crippen molar-refractivity contribution in [1.29, 1.82) is 0 Å². The highest BCUT2D eigenvalue weighted by Crippen LogP contribution is 2.39. The highest BCUT2D eigenvalue weighted by Gasteiger charge is 2.30. The fourth-order valence-electron chi connectivity index (χ4n) is 4.35. The van der Waals surface area contributed by atoms with E-state index in [9.17, 15) is 22.4 Å². The number of amides is 2. The van der Waals surface area contributed by atoms with E-state index < -0.39 is 21.7 Å². The van der Waals surface area contributed by atoms with Crippen molar-refractivity contribution in [3.63, 3.8) is 0 Å². The highest BCUT2D eigenvalue weighted by atomic mass is 32.2. The third kappa shape index (κ3) is 5.11. The molecule has 2 aliphatic rings. The SMILES string of the molecule is C[C@H]1CCc2c(sc(NC(=O)CN3CCN(S(=O)(=O)c4ccc(F)cc4)CC3)c2C(N)=O)C1. The minimum atomic E-state index is -3.71. The normalized spacial score (nSPS) is 19.8. The third-order valence-electron chi connectivity index (χ3n) is 6.16. The van der Waals surface area contributed by atoms with Crippen molar-refractivity contribution in [2.24, 2.45) is 11.7 Å². The van der Waals surface area contributed by atoms with Crippen molar-refractivity contribution in [3.05, 3.63) is 46.1 Å². The van der Waals surface area contributed by atoms with Crippen LogP contribution in [0.5, 0.6) is 0 Å². The van der Waals surface area contributed by atoms with Crippen LogP contribution in [-0.4, -0.2) is 62.2 Å². The molecule has 0 radical (unpaired) electrons. The maximum atomic E-state index is 13.1. The highest BCUT2D eigenvalue weighted by molar-refractivity contribution is 7.89. The first-order chi connectivity index (χ1) is 15.6. The number of nitrogens with two attached hydrogens (primary N) is 1. The van der Waals surface area contributed by atoms with Crippen molar-refractivity contribution >= 4 is 38.2 Å². The second kappa shape index (κ2) is 9.49. The standard InChI is InChI=1S/C22H27FN4O4S2/c1-14-2-7-17-18(12-14)32-22(20(17)21(24)29)25-19(28)13-26-8-10-27(11-9-26)33(30,31)16-5-3-15(23)4-6-16/h3-6,14H,2,7-13H2,1H3,(H2,24,29)(H,25,28)/t14-/m0/s1. The summed E-state index contributed by atoms with van der Waals surface area (Å²) in [6.07, 6.45) is 2.65. The molecule has 1 fully saturated rings. The van der Waals surface area contributed by atoms with Crippen LogP contribution in [0.1, 0.15) is 34.1 Å². The molecule has 1 aliphatic carbocycles. The van der Waals surface area contributed by atoms with Gasteiger partial charge in [-0.05, 0) is 55.0 Å². The van der Waals surface area contributed by atoms with Gasteiger partial charge in [0.15, 0.2) is 0 Å². The second-order valence-electron chi connectivity index (χ2n) is 8.60. The zero-order chi connectivity index (χ0) is 23.8. The van der Waals surface area contributed by atoms with Gasteiger partial charge in [0.05, 0.1) is 17.0 Å². The Bertz CT molecular complexity index is 1160. The molecule has 0 spiro atoms. The summed E-state index contributed by atoms with van der Waals surface area (Å²) in [6, 6.07) is 4.75. The number of hydrogen-bond donors (Lipinski definition) is 2. The number of nitrogens with one attached hydrogen (secondary N) is 1. The van der Waals surface area contributed by atoms with Gasteiger partial charge in [-0.1, -0.05) is 6.92 Å². The Morgan fingerprint density at radius 1 is 1.18 bits per heavy atom. The van der Waals surface area contributed by atoms with Crippen LogP contribution >= 0.6 is 11.3 Å². The molecule has 0 unspecified atom stereocenters. The van der Waals surface area contributed by atoms with Crippen LogP contribution in [0.25, 0.3) is 0 Å². The van der Waals surface area contributed by atoms with Crippen LogP contribution < -0.4 is 11.1 Å². The van der Waals surface area contributed by atoms with Crippen LogP contribution in [0.2, 0.25) is 0 Å². The van der Waals surface area contributed by atoms with Gasteiger partial charge in [-0.3, -0.25) is 14.5 Å². The molecular weight excluding hydrogens is 467 g/mol. The van der Waals surface area contributed by atoms with Crippen LogP contribution in [0.3, 0.4) is 0 Å². The van der Waals surface area contributed by atoms with Gasteiger partial charge in [-0.25, -0.2) is 12.8 Å². The van der Waals surface area contributed by atoms with Crippen molar-refractivity contribution < 1.29 is 22.4 Å². The lowest BCUT2D eigenvalue weighted by Crippen LogP contribution is -2.50. The minimum Gasteiger partial charge on any atom is -0.365 e. The van der Waals surface area contributed by atoms with Gasteiger partial charge < -0.3 is 11.1 Å². The molecule has 0 bridgehead atoms. The molecule has 2 heterocycles. The van der Waals surface area contributed by atoms with Gasteiger partial charge in [0.1, 0.15) is 10.8 Å². The number of piperazine rings is 1. The number of nitrogens with zero attached hydrogens (tertiary/aromatic N) is 2. The van der Waals surface area contributed by atoms with Gasteiger partial charge in [-0.2, -0.15) is 4.31 Å². The fourth-order valence-corrected chi connectivity index (χ4v) is 7.21. The van der Waals surface area contributed by atoms with Gasteiger partial charge in [0.25, 0.3) is 5.91 Å². The quantitative estimate of drug-likeness (QED) is 0.638. The maximum absolute atomic E-state index is 13.1. The third-order valence-corrected chi connectivity index (χ3v) is 9.24. The van der Waals surface area contributed by atoms with E-state index in [0.29, 0.717) is 29.6 Å². The van der Waals surface area contributed by atoms with Crippen LogP contribution in [0, 0.1) is 11.7 Å². The topological polar surface area (TPSA) is 113 Å². The average Bonchev–Trinajstić information content (AvgIpc) is 3.11. The van der Waals surface area contributed by atoms with Gasteiger partial charge >= 0.3 is 0 Å². The molecule has 11 heteroatoms. The second-order valence-corrected chi connectivity index (χ2v) is 11.6. The summed E-state index contributed by atoms with van der Waals surface area (Å²) in [5.74, 6) is -0.760. The Labute approximate surface area is 196 Å². The van der Waals surface area contributed by atoms with Crippen LogP contribution in [-0.2, 0) is 27.7 Å². The molecule has 4 rings (SSSR count). The fraction of sp³-hybridized carbons (Fsp3) is 0.455. The average molecular weight is 495 g/mol. The van der Waals surface area contributed by atoms with E-state index in [4.69, 9.17) is 5.73 Å². The summed E-state index contributed by atoms with van der Waals surface area (Å²) in [4.78, 5) is 27.8. The molecule has 178 valence electrons. The van der Waals surface area contributed by atoms with Crippen molar-refractivity contribution in [2.75, 3.05) is 38.0 Å². The van der Waals surface area contributed by atoms with Gasteiger partial charge in [-0.15, -0.1) is 11.3 Å². The maximum Gasteiger partial charge on any atom is 0.251 e. The van der Waals surface area contributed by atoms with E-state index in [1.165, 1.54) is 27.8 Å². The van der Waals surface area contributed by atoms with Crippen molar-refractivity contribution in [2.45, 2.75) is 31.1 Å². The lowest BCUT2D eigenvalue weighted by molar-refractivity contribution is -0.117. The first-order valence-corrected chi connectivity index (χ1v) is 13.1. The number of carbonyl (C=O) groups is 2. The smallest absolute Gasteiger partial charge is 0.251 e. The number of rotatable bonds is 6. The zero-order valence-corrected chi connectivity index (χ0v) is 20.0. The number of thiophene rings is 1. The van der Waals surface area contributed by atoms with Crippen LogP contribution in [0.4, 0.5) is 9.39 Å². The Morgan fingerprint density at radius 3 is 2.48 bits per heavy atom. The molecule has 1 aromatic heterocycles. The number of sulfonamides is 1. The number of hydrogen-bond acceptors (Lipinski definition) is 6. The summed E-state index contributed by atoms with van der Waals surface area (Å²) in [5, 5.41) is 3.36. The predicted octanol–water partition coefficient (Wildman–Crippen LogP) is 2.06. The van der Waals surface area contributed by atoms with E-state index in [-0.39, 0.29) is 30.4 Å². The van der Waals surface area contributed by atoms with Crippen molar-refractivity contribution in [3.8, 4) is 0 Å². The molecule has 1 saturated heterocycles. The first-order valence-electron chi connectivity index (χ1n) is 10.9. The Hall–Kier alpha value is -2.34. The first kappa shape index (κ1) is 23.8. The molecule has 3 N–H and O–H groups in total. The Balaban J connectivity index is 1.36. The lowest BCUT2D eigenvalue weighted by Gasteiger charge is -2.33. The van der Waals surface area contributed by atoms with Crippen molar-refractivity contribution in [1.82, 2.24) is 9.21 Å². The van der Waals surface area contributed by atoms with Crippen LogP contribution in [0.15, 0.2) is 29.2 Å². The van der Waals surface area contributed by atoms with E-state index >= 15 is 0 Å². The number of anilines is 1. The molecule has 2 amide bonds. The van der Waals surface area contributed by atoms with E-state index in [2.05, 4.69) is 12.2 Å². The monoisotopic (exact) mass is 494 g/mol. The van der Waals surface area contributed by atoms with E-state index in [1.807, 2.05) is 4.90 Å². The number of benzene rings is 1. The Morgan fingerprint density at radius 2 is 1.85 bits per heavy atom. The summed E-state index contributed by atoms with van der Waals surface area (Å²) in [6.45, 7) is 3.47. The Kier molecular flexibility index (Phi) is 6.85. The van der Waals surface area contributed by atoms with Gasteiger partial charge in [0, 0.05) is 31.1 Å². The zero-order valence-electron chi connectivity index (χ0n) is 18.3. The predicted molar refractivity (Wildman–Crippen MR) is 124 cm³/mol. The summed E-state index contributed by atoms with van der Waals surface area (Å²) < 4.78 is 40.0. The molecule has 1 aromatic carbocycles. The summed E-state index contributed by atoms with van der Waals surface area (Å²) in [5.41, 5.74) is 6.99. The van der Waals surface area contributed by atoms with Gasteiger partial charge in [0.2, 0.25) is 15.9 Å². The van der Waals surface area contributed by atoms with E-state index in [0.717, 1.165) is 41.8 Å². The molecule has 1 aliphatic heterocycles. The molecule has 8 nitrogen and oxygen atoms in total. The summed E-state index contributed by atoms with van der Waals surface area (Å²) in [7, 11) is -3.71. The lowest BCUT2D eigenvalue weighted by atomic mass is 9.88.